The Hall–Kier alpha value is -3.00. The third-order valence-corrected chi connectivity index (χ3v) is 4.88. The number of carbonyl (C=O) groups is 2. The zero-order valence-electron chi connectivity index (χ0n) is 17.4. The molecule has 1 aromatic heterocycles. The Bertz CT molecular complexity index is 904. The number of aryl methyl sites for hydroxylation is 1. The van der Waals surface area contributed by atoms with E-state index in [2.05, 4.69) is 10.3 Å². The fourth-order valence-corrected chi connectivity index (χ4v) is 3.36. The Morgan fingerprint density at radius 2 is 1.93 bits per heavy atom. The summed E-state index contributed by atoms with van der Waals surface area (Å²) >= 11 is 0. The van der Waals surface area contributed by atoms with Crippen molar-refractivity contribution in [2.75, 3.05) is 25.2 Å². The van der Waals surface area contributed by atoms with Crippen LogP contribution in [0.3, 0.4) is 0 Å². The number of nitrogens with zero attached hydrogens (tertiary/aromatic N) is 2. The molecule has 1 unspecified atom stereocenters. The van der Waals surface area contributed by atoms with Gasteiger partial charge >= 0.3 is 6.09 Å². The first kappa shape index (κ1) is 21.7. The number of pyridine rings is 1. The Morgan fingerprint density at radius 3 is 2.63 bits per heavy atom. The van der Waals surface area contributed by atoms with Gasteiger partial charge in [0, 0.05) is 19.2 Å². The maximum Gasteiger partial charge on any atom is 0.414 e. The van der Waals surface area contributed by atoms with Crippen LogP contribution >= 0.6 is 0 Å². The highest BCUT2D eigenvalue weighted by Crippen LogP contribution is 2.28. The van der Waals surface area contributed by atoms with E-state index in [-0.39, 0.29) is 18.1 Å². The van der Waals surface area contributed by atoms with Gasteiger partial charge in [-0.3, -0.25) is 14.7 Å². The van der Waals surface area contributed by atoms with Crippen LogP contribution in [0.2, 0.25) is 0 Å². The van der Waals surface area contributed by atoms with Crippen molar-refractivity contribution in [2.24, 2.45) is 0 Å². The summed E-state index contributed by atoms with van der Waals surface area (Å²) in [4.78, 5) is 31.2. The number of aromatic nitrogens is 1. The lowest BCUT2D eigenvalue weighted by Gasteiger charge is -2.29. The molecule has 0 spiro atoms. The molecule has 2 amide bonds. The van der Waals surface area contributed by atoms with Gasteiger partial charge < -0.3 is 14.8 Å². The van der Waals surface area contributed by atoms with Gasteiger partial charge in [-0.25, -0.2) is 9.18 Å². The predicted octanol–water partition coefficient (Wildman–Crippen LogP) is 3.64. The van der Waals surface area contributed by atoms with E-state index in [0.717, 1.165) is 24.2 Å². The first-order chi connectivity index (χ1) is 14.4. The Kier molecular flexibility index (Phi) is 6.99. The summed E-state index contributed by atoms with van der Waals surface area (Å²) < 4.78 is 23.5. The van der Waals surface area contributed by atoms with E-state index in [0.29, 0.717) is 24.4 Å². The molecule has 0 radical (unpaired) electrons. The molecular formula is C22H26FN3O4. The second kappa shape index (κ2) is 9.67. The third kappa shape index (κ3) is 5.13. The number of fused-ring (bicyclic) bond motifs is 1. The van der Waals surface area contributed by atoms with Crippen LogP contribution in [0, 0.1) is 5.82 Å². The van der Waals surface area contributed by atoms with Crippen LogP contribution in [0.1, 0.15) is 48.1 Å². The van der Waals surface area contributed by atoms with Crippen molar-refractivity contribution >= 4 is 17.7 Å². The number of nitrogens with one attached hydrogen (secondary N) is 1. The summed E-state index contributed by atoms with van der Waals surface area (Å²) in [5.41, 5.74) is 2.57. The second-order valence-corrected chi connectivity index (χ2v) is 7.31. The number of halogens is 1. The standard InChI is InChI=1S/C22H26FN3O4/c1-14(13-29-3)30-22(28)26-12-4-5-19-20(26)11-10-18(25-19)15(2)24-21(27)16-6-8-17(23)9-7-16/h6-11,14-15H,4-5,12-13H2,1-3H3,(H,24,27)/t14-,15?/m1/s1. The third-order valence-electron chi connectivity index (χ3n) is 4.88. The second-order valence-electron chi connectivity index (χ2n) is 7.31. The molecule has 0 fully saturated rings. The van der Waals surface area contributed by atoms with Crippen LogP contribution < -0.4 is 10.2 Å². The molecule has 0 saturated heterocycles. The molecule has 0 bridgehead atoms. The van der Waals surface area contributed by atoms with Crippen molar-refractivity contribution in [3.05, 3.63) is 59.2 Å². The highest BCUT2D eigenvalue weighted by molar-refractivity contribution is 5.94. The highest BCUT2D eigenvalue weighted by atomic mass is 19.1. The predicted molar refractivity (Wildman–Crippen MR) is 110 cm³/mol. The molecule has 2 aromatic rings. The summed E-state index contributed by atoms with van der Waals surface area (Å²) in [5, 5.41) is 2.87. The minimum absolute atomic E-state index is 0.306. The first-order valence-corrected chi connectivity index (χ1v) is 9.92. The normalized spacial score (nSPS) is 15.1. The Balaban J connectivity index is 1.71. The van der Waals surface area contributed by atoms with E-state index < -0.39 is 11.9 Å². The molecule has 2 heterocycles. The number of hydrogen-bond donors (Lipinski definition) is 1. The van der Waals surface area contributed by atoms with E-state index in [1.54, 1.807) is 25.0 Å². The van der Waals surface area contributed by atoms with E-state index in [4.69, 9.17) is 9.47 Å². The van der Waals surface area contributed by atoms with E-state index in [1.807, 2.05) is 13.0 Å². The number of amides is 2. The van der Waals surface area contributed by atoms with Crippen LogP contribution in [-0.4, -0.2) is 43.3 Å². The maximum atomic E-state index is 13.0. The number of methoxy groups -OCH3 is 1. The fraction of sp³-hybridized carbons (Fsp3) is 0.409. The molecule has 1 aliphatic rings. The van der Waals surface area contributed by atoms with Gasteiger partial charge in [-0.05, 0) is 63.1 Å². The molecule has 1 N–H and O–H groups in total. The molecule has 7 nitrogen and oxygen atoms in total. The van der Waals surface area contributed by atoms with Gasteiger partial charge in [0.15, 0.2) is 0 Å². The quantitative estimate of drug-likeness (QED) is 0.779. The fourth-order valence-electron chi connectivity index (χ4n) is 3.36. The average Bonchev–Trinajstić information content (AvgIpc) is 2.73. The molecule has 1 aliphatic heterocycles. The molecule has 0 saturated carbocycles. The molecule has 3 rings (SSSR count). The van der Waals surface area contributed by atoms with E-state index >= 15 is 0 Å². The molecule has 2 atom stereocenters. The topological polar surface area (TPSA) is 80.8 Å². The number of rotatable bonds is 6. The van der Waals surface area contributed by atoms with Gasteiger partial charge in [-0.15, -0.1) is 0 Å². The smallest absolute Gasteiger partial charge is 0.414 e. The van der Waals surface area contributed by atoms with Crippen molar-refractivity contribution in [2.45, 2.75) is 38.8 Å². The number of benzene rings is 1. The highest BCUT2D eigenvalue weighted by Gasteiger charge is 2.27. The number of anilines is 1. The zero-order valence-corrected chi connectivity index (χ0v) is 17.4. The van der Waals surface area contributed by atoms with E-state index in [9.17, 15) is 14.0 Å². The van der Waals surface area contributed by atoms with Gasteiger partial charge in [0.05, 0.1) is 29.7 Å². The lowest BCUT2D eigenvalue weighted by Crippen LogP contribution is -2.38. The average molecular weight is 415 g/mol. The van der Waals surface area contributed by atoms with Crippen LogP contribution in [0.15, 0.2) is 36.4 Å². The summed E-state index contributed by atoms with van der Waals surface area (Å²) in [6.45, 7) is 4.49. The largest absolute Gasteiger partial charge is 0.444 e. The molecular weight excluding hydrogens is 389 g/mol. The van der Waals surface area contributed by atoms with Crippen molar-refractivity contribution < 1.29 is 23.5 Å². The number of hydrogen-bond acceptors (Lipinski definition) is 5. The first-order valence-electron chi connectivity index (χ1n) is 9.92. The van der Waals surface area contributed by atoms with Crippen molar-refractivity contribution in [1.29, 1.82) is 0 Å². The summed E-state index contributed by atoms with van der Waals surface area (Å²) in [7, 11) is 1.56. The van der Waals surface area contributed by atoms with Crippen LogP contribution in [-0.2, 0) is 15.9 Å². The summed E-state index contributed by atoms with van der Waals surface area (Å²) in [5.74, 6) is -0.699. The SMILES string of the molecule is COC[C@@H](C)OC(=O)N1CCCc2nc(C(C)NC(=O)c3ccc(F)cc3)ccc21. The van der Waals surface area contributed by atoms with Crippen LogP contribution in [0.25, 0.3) is 0 Å². The maximum absolute atomic E-state index is 13.0. The number of ether oxygens (including phenoxy) is 2. The summed E-state index contributed by atoms with van der Waals surface area (Å²) in [6, 6.07) is 8.64. The van der Waals surface area contributed by atoms with Gasteiger partial charge in [-0.1, -0.05) is 0 Å². The van der Waals surface area contributed by atoms with E-state index in [1.165, 1.54) is 24.3 Å². The van der Waals surface area contributed by atoms with Crippen molar-refractivity contribution in [1.82, 2.24) is 10.3 Å². The molecule has 1 aromatic carbocycles. The van der Waals surface area contributed by atoms with Gasteiger partial charge in [0.2, 0.25) is 0 Å². The zero-order chi connectivity index (χ0) is 21.7. The lowest BCUT2D eigenvalue weighted by molar-refractivity contribution is 0.0525. The molecule has 8 heteroatoms. The van der Waals surface area contributed by atoms with Gasteiger partial charge in [-0.2, -0.15) is 0 Å². The Labute approximate surface area is 175 Å². The minimum atomic E-state index is -0.423. The van der Waals surface area contributed by atoms with Crippen LogP contribution in [0.4, 0.5) is 14.9 Å². The lowest BCUT2D eigenvalue weighted by atomic mass is 10.1. The minimum Gasteiger partial charge on any atom is -0.444 e. The number of carbonyl (C=O) groups excluding carboxylic acids is 2. The van der Waals surface area contributed by atoms with Crippen molar-refractivity contribution in [3.8, 4) is 0 Å². The molecule has 160 valence electrons. The molecule has 0 aliphatic carbocycles. The Morgan fingerprint density at radius 1 is 1.20 bits per heavy atom. The van der Waals surface area contributed by atoms with Gasteiger partial charge in [0.1, 0.15) is 11.9 Å². The summed E-state index contributed by atoms with van der Waals surface area (Å²) in [6.07, 6.45) is 0.738. The van der Waals surface area contributed by atoms with Gasteiger partial charge in [0.25, 0.3) is 5.91 Å². The van der Waals surface area contributed by atoms with Crippen molar-refractivity contribution in [3.63, 3.8) is 0 Å². The monoisotopic (exact) mass is 415 g/mol. The van der Waals surface area contributed by atoms with Crippen LogP contribution in [0.5, 0.6) is 0 Å². The molecule has 30 heavy (non-hydrogen) atoms.